The van der Waals surface area contributed by atoms with E-state index >= 15 is 0 Å². The number of nitrogens with two attached hydrogens (primary N) is 4. The number of primary amides is 1. The smallest absolute Gasteiger partial charge is 0.293 e. The Morgan fingerprint density at radius 1 is 0.808 bits per heavy atom. The number of thioether (sulfide) groups is 1. The third kappa shape index (κ3) is 13.2. The summed E-state index contributed by atoms with van der Waals surface area (Å²) in [6.45, 7) is 2.70. The predicted molar refractivity (Wildman–Crippen MR) is 201 cm³/mol. The molecule has 0 radical (unpaired) electrons. The van der Waals surface area contributed by atoms with Gasteiger partial charge < -0.3 is 38.9 Å². The standard InChI is InChI=1S/C36H49N9O6S/c1-2-3-12-26(30(38)46)42-32(48)27(13-7-8-19-37)44-33(49)28(14-9-20-41-35(39)40)43-31(47)25-17-15-23(16-18-25)21-29-34(50)45(36(51)52-29)22-24-10-5-4-6-11-24/h4-6,10-11,15-18,21,26-28H,2-3,7-9,12-14,19-20,22,37H2,1H3,(H2,38,46)(H,42,48)(H,43,47)(H,44,49)(H4,39,40,41)/b29-21-/t26-,27-,28-/m0/s1. The maximum absolute atomic E-state index is 13.6. The second kappa shape index (κ2) is 21.2. The van der Waals surface area contributed by atoms with E-state index in [1.165, 1.54) is 17.0 Å². The summed E-state index contributed by atoms with van der Waals surface area (Å²) in [6, 6.07) is 12.5. The van der Waals surface area contributed by atoms with Gasteiger partial charge in [0, 0.05) is 12.1 Å². The molecule has 1 saturated heterocycles. The maximum Gasteiger partial charge on any atom is 0.293 e. The molecule has 0 aliphatic carbocycles. The topological polar surface area (TPSA) is 258 Å². The molecule has 0 spiro atoms. The molecule has 3 atom stereocenters. The minimum Gasteiger partial charge on any atom is -0.370 e. The highest BCUT2D eigenvalue weighted by Crippen LogP contribution is 2.33. The first-order valence-corrected chi connectivity index (χ1v) is 18.1. The molecule has 1 aliphatic rings. The number of hydrogen-bond acceptors (Lipinski definition) is 9. The van der Waals surface area contributed by atoms with Gasteiger partial charge in [0.1, 0.15) is 18.1 Å². The number of nitrogens with zero attached hydrogens (tertiary/aromatic N) is 2. The van der Waals surface area contributed by atoms with Crippen LogP contribution in [0.1, 0.15) is 79.8 Å². The van der Waals surface area contributed by atoms with Gasteiger partial charge in [0.05, 0.1) is 11.4 Å². The van der Waals surface area contributed by atoms with Crippen LogP contribution in [0.15, 0.2) is 64.5 Å². The quantitative estimate of drug-likeness (QED) is 0.0424. The highest BCUT2D eigenvalue weighted by molar-refractivity contribution is 8.18. The molecule has 280 valence electrons. The highest BCUT2D eigenvalue weighted by atomic mass is 32.2. The number of hydrogen-bond donors (Lipinski definition) is 7. The van der Waals surface area contributed by atoms with Crippen molar-refractivity contribution >= 4 is 58.6 Å². The number of aliphatic imine (C=N–C) groups is 1. The molecule has 6 amide bonds. The van der Waals surface area contributed by atoms with Gasteiger partial charge in [0.2, 0.25) is 17.7 Å². The zero-order valence-electron chi connectivity index (χ0n) is 29.3. The van der Waals surface area contributed by atoms with Crippen molar-refractivity contribution in [3.8, 4) is 0 Å². The molecule has 16 heteroatoms. The first-order valence-electron chi connectivity index (χ1n) is 17.3. The van der Waals surface area contributed by atoms with Gasteiger partial charge in [-0.1, -0.05) is 62.2 Å². The molecule has 1 heterocycles. The van der Waals surface area contributed by atoms with E-state index in [1.54, 1.807) is 18.2 Å². The lowest BCUT2D eigenvalue weighted by atomic mass is 10.0. The highest BCUT2D eigenvalue weighted by Gasteiger charge is 2.35. The van der Waals surface area contributed by atoms with Crippen molar-refractivity contribution in [2.24, 2.45) is 27.9 Å². The lowest BCUT2D eigenvalue weighted by molar-refractivity contribution is -0.132. The van der Waals surface area contributed by atoms with Crippen LogP contribution in [0.5, 0.6) is 0 Å². The third-order valence-electron chi connectivity index (χ3n) is 8.18. The average molecular weight is 736 g/mol. The Labute approximate surface area is 307 Å². The van der Waals surface area contributed by atoms with Crippen LogP contribution in [0.2, 0.25) is 0 Å². The average Bonchev–Trinajstić information content (AvgIpc) is 3.38. The van der Waals surface area contributed by atoms with Crippen LogP contribution in [0.25, 0.3) is 6.08 Å². The van der Waals surface area contributed by atoms with Gasteiger partial charge in [-0.2, -0.15) is 0 Å². The van der Waals surface area contributed by atoms with Gasteiger partial charge in [0.15, 0.2) is 5.96 Å². The summed E-state index contributed by atoms with van der Waals surface area (Å²) in [5, 5.41) is 7.77. The number of benzene rings is 2. The monoisotopic (exact) mass is 735 g/mol. The van der Waals surface area contributed by atoms with Crippen LogP contribution in [0.4, 0.5) is 4.79 Å². The number of imide groups is 1. The van der Waals surface area contributed by atoms with E-state index < -0.39 is 47.7 Å². The number of unbranched alkanes of at least 4 members (excludes halogenated alkanes) is 2. The molecular weight excluding hydrogens is 687 g/mol. The molecule has 0 bridgehead atoms. The van der Waals surface area contributed by atoms with E-state index in [0.717, 1.165) is 23.7 Å². The van der Waals surface area contributed by atoms with Crippen LogP contribution < -0.4 is 38.9 Å². The predicted octanol–water partition coefficient (Wildman–Crippen LogP) is 1.85. The Balaban J connectivity index is 1.73. The zero-order chi connectivity index (χ0) is 38.0. The SMILES string of the molecule is CCCC[C@H](NC(=O)[C@H](CCCCN)NC(=O)[C@H](CCCN=C(N)N)NC(=O)c1ccc(/C=C2\SC(=O)N(Cc3ccccc3)C2=O)cc1)C(N)=O. The van der Waals surface area contributed by atoms with Gasteiger partial charge in [-0.15, -0.1) is 0 Å². The van der Waals surface area contributed by atoms with E-state index in [0.29, 0.717) is 44.2 Å². The fourth-order valence-corrected chi connectivity index (χ4v) is 6.14. The van der Waals surface area contributed by atoms with Crippen molar-refractivity contribution in [1.82, 2.24) is 20.9 Å². The van der Waals surface area contributed by atoms with E-state index in [4.69, 9.17) is 22.9 Å². The van der Waals surface area contributed by atoms with Gasteiger partial charge in [-0.05, 0) is 86.2 Å². The number of carbonyl (C=O) groups is 6. The van der Waals surface area contributed by atoms with Crippen molar-refractivity contribution in [1.29, 1.82) is 0 Å². The molecule has 2 aromatic rings. The van der Waals surface area contributed by atoms with Gasteiger partial charge >= 0.3 is 0 Å². The van der Waals surface area contributed by atoms with Crippen molar-refractivity contribution < 1.29 is 28.8 Å². The van der Waals surface area contributed by atoms with Crippen LogP contribution >= 0.6 is 11.8 Å². The Bertz CT molecular complexity index is 1610. The molecular formula is C36H49N9O6S. The number of carbonyl (C=O) groups excluding carboxylic acids is 6. The van der Waals surface area contributed by atoms with Crippen LogP contribution in [-0.4, -0.2) is 76.8 Å². The van der Waals surface area contributed by atoms with Crippen molar-refractivity contribution in [3.63, 3.8) is 0 Å². The molecule has 0 saturated carbocycles. The lowest BCUT2D eigenvalue weighted by Gasteiger charge is -2.25. The number of nitrogens with one attached hydrogen (secondary N) is 3. The first-order chi connectivity index (χ1) is 24.9. The molecule has 1 fully saturated rings. The summed E-state index contributed by atoms with van der Waals surface area (Å²) in [6.07, 6.45) is 5.26. The largest absolute Gasteiger partial charge is 0.370 e. The van der Waals surface area contributed by atoms with E-state index in [-0.39, 0.29) is 47.6 Å². The van der Waals surface area contributed by atoms with Crippen LogP contribution in [-0.2, 0) is 25.7 Å². The van der Waals surface area contributed by atoms with Gasteiger partial charge in [0.25, 0.3) is 17.1 Å². The molecule has 52 heavy (non-hydrogen) atoms. The fraction of sp³-hybridized carbons (Fsp3) is 0.417. The first kappa shape index (κ1) is 41.2. The second-order valence-electron chi connectivity index (χ2n) is 12.3. The molecule has 0 aromatic heterocycles. The van der Waals surface area contributed by atoms with Crippen LogP contribution in [0.3, 0.4) is 0 Å². The molecule has 2 aromatic carbocycles. The third-order valence-corrected chi connectivity index (χ3v) is 9.09. The van der Waals surface area contributed by atoms with Crippen molar-refractivity contribution in [2.45, 2.75) is 83.0 Å². The van der Waals surface area contributed by atoms with E-state index in [1.807, 2.05) is 37.3 Å². The van der Waals surface area contributed by atoms with E-state index in [2.05, 4.69) is 20.9 Å². The Kier molecular flexibility index (Phi) is 16.8. The molecule has 15 nitrogen and oxygen atoms in total. The summed E-state index contributed by atoms with van der Waals surface area (Å²) < 4.78 is 0. The van der Waals surface area contributed by atoms with Crippen molar-refractivity contribution in [3.05, 3.63) is 76.2 Å². The van der Waals surface area contributed by atoms with Crippen LogP contribution in [0, 0.1) is 0 Å². The minimum absolute atomic E-state index is 0.116. The molecule has 0 unspecified atom stereocenters. The summed E-state index contributed by atoms with van der Waals surface area (Å²) in [5.74, 6) is -2.93. The molecule has 1 aliphatic heterocycles. The van der Waals surface area contributed by atoms with Gasteiger partial charge in [-0.3, -0.25) is 38.7 Å². The lowest BCUT2D eigenvalue weighted by Crippen LogP contribution is -2.56. The summed E-state index contributed by atoms with van der Waals surface area (Å²) in [4.78, 5) is 83.3. The number of guanidine groups is 1. The van der Waals surface area contributed by atoms with Gasteiger partial charge in [-0.25, -0.2) is 0 Å². The summed E-state index contributed by atoms with van der Waals surface area (Å²) >= 11 is 0.842. The maximum atomic E-state index is 13.6. The summed E-state index contributed by atoms with van der Waals surface area (Å²) in [7, 11) is 0. The zero-order valence-corrected chi connectivity index (χ0v) is 30.2. The number of amides is 6. The van der Waals surface area contributed by atoms with Crippen molar-refractivity contribution in [2.75, 3.05) is 13.1 Å². The Morgan fingerprint density at radius 2 is 1.42 bits per heavy atom. The number of rotatable bonds is 21. The fourth-order valence-electron chi connectivity index (χ4n) is 5.30. The Hall–Kier alpha value is -5.22. The summed E-state index contributed by atoms with van der Waals surface area (Å²) in [5.41, 5.74) is 23.7. The van der Waals surface area contributed by atoms with E-state index in [9.17, 15) is 28.8 Å². The molecule has 3 rings (SSSR count). The minimum atomic E-state index is -1.07. The normalized spacial score (nSPS) is 15.1. The Morgan fingerprint density at radius 3 is 2.04 bits per heavy atom. The molecule has 11 N–H and O–H groups in total. The second-order valence-corrected chi connectivity index (χ2v) is 13.3.